The number of hydrogen-bond acceptors (Lipinski definition) is 3. The lowest BCUT2D eigenvalue weighted by Gasteiger charge is -2.05. The summed E-state index contributed by atoms with van der Waals surface area (Å²) in [7, 11) is 0. The Morgan fingerprint density at radius 2 is 2.18 bits per heavy atom. The van der Waals surface area contributed by atoms with E-state index in [-0.39, 0.29) is 5.15 Å². The van der Waals surface area contributed by atoms with Gasteiger partial charge >= 0.3 is 0 Å². The number of pyridine rings is 1. The zero-order chi connectivity index (χ0) is 8.43. The zero-order valence-corrected chi connectivity index (χ0v) is 6.97. The second-order valence-electron chi connectivity index (χ2n) is 1.97. The third kappa shape index (κ3) is 2.04. The standard InChI is InChI=1S/C6H6Cl2N2O/c7-4-1-5(8)10-2-3(4)6(9)11/h1-2,6,11H,9H2. The van der Waals surface area contributed by atoms with Crippen LogP contribution in [0.25, 0.3) is 0 Å². The molecule has 1 heterocycles. The van der Waals surface area contributed by atoms with Crippen LogP contribution < -0.4 is 5.73 Å². The summed E-state index contributed by atoms with van der Waals surface area (Å²) in [5.41, 5.74) is 5.52. The van der Waals surface area contributed by atoms with Crippen LogP contribution in [-0.2, 0) is 0 Å². The number of aromatic nitrogens is 1. The van der Waals surface area contributed by atoms with Gasteiger partial charge in [-0.05, 0) is 6.07 Å². The lowest BCUT2D eigenvalue weighted by Crippen LogP contribution is -2.09. The van der Waals surface area contributed by atoms with E-state index in [9.17, 15) is 0 Å². The summed E-state index contributed by atoms with van der Waals surface area (Å²) in [5.74, 6) is 0. The van der Waals surface area contributed by atoms with Gasteiger partial charge in [0.1, 0.15) is 11.4 Å². The molecular formula is C6H6Cl2N2O. The molecule has 0 bridgehead atoms. The van der Waals surface area contributed by atoms with Crippen molar-refractivity contribution in [2.24, 2.45) is 5.73 Å². The average Bonchev–Trinajstić information content (AvgIpc) is 1.85. The van der Waals surface area contributed by atoms with Crippen LogP contribution in [0.5, 0.6) is 0 Å². The van der Waals surface area contributed by atoms with Gasteiger partial charge in [-0.1, -0.05) is 23.2 Å². The fraction of sp³-hybridized carbons (Fsp3) is 0.167. The summed E-state index contributed by atoms with van der Waals surface area (Å²) in [6.45, 7) is 0. The second kappa shape index (κ2) is 3.36. The predicted molar refractivity (Wildman–Crippen MR) is 43.4 cm³/mol. The molecule has 0 aliphatic carbocycles. The minimum atomic E-state index is -1.10. The molecule has 1 unspecified atom stereocenters. The normalized spacial score (nSPS) is 13.1. The highest BCUT2D eigenvalue weighted by Crippen LogP contribution is 2.21. The molecule has 11 heavy (non-hydrogen) atoms. The first-order valence-electron chi connectivity index (χ1n) is 2.86. The predicted octanol–water partition coefficient (Wildman–Crippen LogP) is 1.34. The van der Waals surface area contributed by atoms with Crippen molar-refractivity contribution in [1.82, 2.24) is 4.98 Å². The molecule has 0 spiro atoms. The van der Waals surface area contributed by atoms with E-state index < -0.39 is 6.23 Å². The van der Waals surface area contributed by atoms with Crippen molar-refractivity contribution in [2.75, 3.05) is 0 Å². The van der Waals surface area contributed by atoms with Gasteiger partial charge in [0.15, 0.2) is 0 Å². The number of aliphatic hydroxyl groups is 1. The van der Waals surface area contributed by atoms with E-state index >= 15 is 0 Å². The lowest BCUT2D eigenvalue weighted by molar-refractivity contribution is 0.186. The van der Waals surface area contributed by atoms with Crippen LogP contribution in [0, 0.1) is 0 Å². The van der Waals surface area contributed by atoms with Crippen LogP contribution in [0.15, 0.2) is 12.3 Å². The Hall–Kier alpha value is -0.350. The molecule has 0 radical (unpaired) electrons. The van der Waals surface area contributed by atoms with Crippen LogP contribution >= 0.6 is 23.2 Å². The Morgan fingerprint density at radius 3 is 2.64 bits per heavy atom. The Kier molecular flexibility index (Phi) is 2.67. The molecule has 1 aromatic rings. The van der Waals surface area contributed by atoms with Crippen molar-refractivity contribution in [3.63, 3.8) is 0 Å². The number of nitrogens with two attached hydrogens (primary N) is 1. The van der Waals surface area contributed by atoms with Crippen molar-refractivity contribution in [3.05, 3.63) is 28.0 Å². The summed E-state index contributed by atoms with van der Waals surface area (Å²) in [6.07, 6.45) is 0.238. The van der Waals surface area contributed by atoms with Gasteiger partial charge in [-0.2, -0.15) is 0 Å². The highest BCUT2D eigenvalue weighted by Gasteiger charge is 2.06. The minimum absolute atomic E-state index is 0.277. The molecule has 0 saturated carbocycles. The lowest BCUT2D eigenvalue weighted by atomic mass is 10.2. The maximum Gasteiger partial charge on any atom is 0.131 e. The van der Waals surface area contributed by atoms with Crippen molar-refractivity contribution in [2.45, 2.75) is 6.23 Å². The van der Waals surface area contributed by atoms with Crippen molar-refractivity contribution in [1.29, 1.82) is 0 Å². The summed E-state index contributed by atoms with van der Waals surface area (Å²) in [6, 6.07) is 1.43. The number of rotatable bonds is 1. The topological polar surface area (TPSA) is 59.1 Å². The first-order chi connectivity index (χ1) is 5.11. The molecule has 0 aromatic carbocycles. The second-order valence-corrected chi connectivity index (χ2v) is 2.77. The summed E-state index contributed by atoms with van der Waals surface area (Å²) in [5, 5.41) is 9.50. The molecule has 1 atom stereocenters. The van der Waals surface area contributed by atoms with Crippen LogP contribution in [0.2, 0.25) is 10.2 Å². The van der Waals surface area contributed by atoms with Gasteiger partial charge in [0, 0.05) is 11.8 Å². The molecule has 0 aliphatic rings. The van der Waals surface area contributed by atoms with Gasteiger partial charge in [-0.15, -0.1) is 0 Å². The van der Waals surface area contributed by atoms with Crippen LogP contribution in [0.4, 0.5) is 0 Å². The maximum atomic E-state index is 8.91. The number of hydrogen-bond donors (Lipinski definition) is 2. The molecule has 1 aromatic heterocycles. The Morgan fingerprint density at radius 1 is 1.55 bits per heavy atom. The van der Waals surface area contributed by atoms with Crippen LogP contribution in [0.1, 0.15) is 11.8 Å². The molecule has 3 N–H and O–H groups in total. The van der Waals surface area contributed by atoms with E-state index in [1.807, 2.05) is 0 Å². The minimum Gasteiger partial charge on any atom is -0.374 e. The molecule has 0 saturated heterocycles. The Labute approximate surface area is 73.8 Å². The molecule has 1 rings (SSSR count). The Bertz CT molecular complexity index is 265. The first kappa shape index (κ1) is 8.74. The largest absolute Gasteiger partial charge is 0.374 e. The molecule has 0 amide bonds. The highest BCUT2D eigenvalue weighted by atomic mass is 35.5. The van der Waals surface area contributed by atoms with E-state index in [0.717, 1.165) is 0 Å². The van der Waals surface area contributed by atoms with Crippen LogP contribution in [-0.4, -0.2) is 10.1 Å². The third-order valence-corrected chi connectivity index (χ3v) is 1.70. The van der Waals surface area contributed by atoms with Crippen molar-refractivity contribution < 1.29 is 5.11 Å². The van der Waals surface area contributed by atoms with Crippen molar-refractivity contribution >= 4 is 23.2 Å². The van der Waals surface area contributed by atoms with E-state index in [1.54, 1.807) is 0 Å². The molecule has 3 nitrogen and oxygen atoms in total. The highest BCUT2D eigenvalue weighted by molar-refractivity contribution is 6.34. The number of nitrogens with zero attached hydrogens (tertiary/aromatic N) is 1. The molecule has 60 valence electrons. The molecular weight excluding hydrogens is 187 g/mol. The van der Waals surface area contributed by atoms with Gasteiger partial charge in [-0.3, -0.25) is 0 Å². The average molecular weight is 193 g/mol. The van der Waals surface area contributed by atoms with Crippen LogP contribution in [0.3, 0.4) is 0 Å². The van der Waals surface area contributed by atoms with Gasteiger partial charge in [0.05, 0.1) is 5.02 Å². The monoisotopic (exact) mass is 192 g/mol. The fourth-order valence-corrected chi connectivity index (χ4v) is 1.11. The smallest absolute Gasteiger partial charge is 0.131 e. The molecule has 0 aliphatic heterocycles. The van der Waals surface area contributed by atoms with Gasteiger partial charge in [0.25, 0.3) is 0 Å². The summed E-state index contributed by atoms with van der Waals surface area (Å²) >= 11 is 11.2. The first-order valence-corrected chi connectivity index (χ1v) is 3.61. The zero-order valence-electron chi connectivity index (χ0n) is 5.46. The fourth-order valence-electron chi connectivity index (χ4n) is 0.636. The molecule has 5 heteroatoms. The summed E-state index contributed by atoms with van der Waals surface area (Å²) in [4.78, 5) is 3.70. The SMILES string of the molecule is NC(O)c1cnc(Cl)cc1Cl. The van der Waals surface area contributed by atoms with Gasteiger partial charge in [-0.25, -0.2) is 4.98 Å². The Balaban J connectivity index is 3.09. The van der Waals surface area contributed by atoms with Gasteiger partial charge in [0.2, 0.25) is 0 Å². The number of aliphatic hydroxyl groups excluding tert-OH is 1. The van der Waals surface area contributed by atoms with E-state index in [1.165, 1.54) is 12.3 Å². The number of halogens is 2. The quantitative estimate of drug-likeness (QED) is 0.522. The van der Waals surface area contributed by atoms with E-state index in [0.29, 0.717) is 10.6 Å². The van der Waals surface area contributed by atoms with E-state index in [2.05, 4.69) is 4.98 Å². The van der Waals surface area contributed by atoms with Crippen molar-refractivity contribution in [3.8, 4) is 0 Å². The third-order valence-electron chi connectivity index (χ3n) is 1.17. The van der Waals surface area contributed by atoms with E-state index in [4.69, 9.17) is 34.0 Å². The van der Waals surface area contributed by atoms with Gasteiger partial charge < -0.3 is 10.8 Å². The maximum absolute atomic E-state index is 8.91. The molecule has 0 fully saturated rings. The summed E-state index contributed by atoms with van der Waals surface area (Å²) < 4.78 is 0.